The van der Waals surface area contributed by atoms with Crippen LogP contribution in [0.1, 0.15) is 12.8 Å². The smallest absolute Gasteiger partial charge is 0.318 e. The molecule has 0 fully saturated rings. The lowest BCUT2D eigenvalue weighted by atomic mass is 10.3. The number of carbonyl (C=O) groups excluding carboxylic acids is 1. The third-order valence-electron chi connectivity index (χ3n) is 2.03. The molecule has 0 amide bonds. The molecule has 0 unspecified atom stereocenters. The molecule has 0 atom stereocenters. The third-order valence-corrected chi connectivity index (χ3v) is 3.88. The van der Waals surface area contributed by atoms with Crippen LogP contribution in [0.3, 0.4) is 0 Å². The van der Waals surface area contributed by atoms with Gasteiger partial charge in [-0.1, -0.05) is 0 Å². The predicted molar refractivity (Wildman–Crippen MR) is 61.9 cm³/mol. The highest BCUT2D eigenvalue weighted by molar-refractivity contribution is 7.89. The van der Waals surface area contributed by atoms with E-state index < -0.39 is 46.8 Å². The van der Waals surface area contributed by atoms with Gasteiger partial charge in [0.25, 0.3) is 0 Å². The fourth-order valence-electron chi connectivity index (χ4n) is 1.18. The van der Waals surface area contributed by atoms with Crippen molar-refractivity contribution in [1.29, 1.82) is 0 Å². The third kappa shape index (κ3) is 7.36. The number of hydrogen-bond donors (Lipinski definition) is 2. The van der Waals surface area contributed by atoms with Gasteiger partial charge in [0.1, 0.15) is 13.1 Å². The van der Waals surface area contributed by atoms with Crippen molar-refractivity contribution in [3.05, 3.63) is 0 Å². The highest BCUT2D eigenvalue weighted by Gasteiger charge is 2.26. The summed E-state index contributed by atoms with van der Waals surface area (Å²) in [6.07, 6.45) is -0.228. The molecule has 0 radical (unpaired) electrons. The van der Waals surface area contributed by atoms with Crippen LogP contribution in [0, 0.1) is 0 Å². The van der Waals surface area contributed by atoms with Crippen LogP contribution < -0.4 is 0 Å². The maximum Gasteiger partial charge on any atom is 0.318 e. The summed E-state index contributed by atoms with van der Waals surface area (Å²) in [5, 5.41) is 17.1. The molecule has 0 aromatic carbocycles. The Hall–Kier alpha value is -1.68. The first-order chi connectivity index (χ1) is 8.69. The summed E-state index contributed by atoms with van der Waals surface area (Å²) >= 11 is 0. The molecule has 0 bridgehead atoms. The lowest BCUT2D eigenvalue weighted by Gasteiger charge is -2.17. The second kappa shape index (κ2) is 7.69. The van der Waals surface area contributed by atoms with Crippen molar-refractivity contribution >= 4 is 27.9 Å². The van der Waals surface area contributed by atoms with Gasteiger partial charge in [-0.3, -0.25) is 14.4 Å². The second-order valence-corrected chi connectivity index (χ2v) is 5.64. The van der Waals surface area contributed by atoms with Crippen LogP contribution in [0.4, 0.5) is 0 Å². The normalized spacial score (nSPS) is 11.3. The molecule has 0 spiro atoms. The van der Waals surface area contributed by atoms with Gasteiger partial charge in [-0.15, -0.1) is 0 Å². The number of methoxy groups -OCH3 is 1. The van der Waals surface area contributed by atoms with Crippen molar-refractivity contribution in [2.45, 2.75) is 12.8 Å². The average Bonchev–Trinajstić information content (AvgIpc) is 2.26. The number of ether oxygens (including phenoxy) is 1. The zero-order chi connectivity index (χ0) is 15.1. The minimum absolute atomic E-state index is 0.0786. The first kappa shape index (κ1) is 17.3. The monoisotopic (exact) mass is 297 g/mol. The zero-order valence-electron chi connectivity index (χ0n) is 10.2. The molecule has 0 aromatic heterocycles. The van der Waals surface area contributed by atoms with Gasteiger partial charge in [0.15, 0.2) is 0 Å². The van der Waals surface area contributed by atoms with E-state index in [1.165, 1.54) is 0 Å². The molecule has 0 aliphatic carbocycles. The van der Waals surface area contributed by atoms with Crippen molar-refractivity contribution in [2.75, 3.05) is 26.0 Å². The highest BCUT2D eigenvalue weighted by Crippen LogP contribution is 2.05. The van der Waals surface area contributed by atoms with Crippen molar-refractivity contribution in [3.63, 3.8) is 0 Å². The summed E-state index contributed by atoms with van der Waals surface area (Å²) in [5.41, 5.74) is 0. The minimum atomic E-state index is -4.05. The fourth-order valence-corrected chi connectivity index (χ4v) is 2.57. The van der Waals surface area contributed by atoms with Gasteiger partial charge in [0, 0.05) is 6.42 Å². The van der Waals surface area contributed by atoms with Crippen LogP contribution in [0.2, 0.25) is 0 Å². The lowest BCUT2D eigenvalue weighted by Crippen LogP contribution is -2.40. The number of carboxylic acids is 2. The van der Waals surface area contributed by atoms with Crippen LogP contribution >= 0.6 is 0 Å². The molecule has 110 valence electrons. The van der Waals surface area contributed by atoms with Gasteiger partial charge in [-0.2, -0.15) is 4.31 Å². The van der Waals surface area contributed by atoms with E-state index in [1.54, 1.807) is 0 Å². The van der Waals surface area contributed by atoms with Crippen molar-refractivity contribution < 1.29 is 37.8 Å². The number of carboxylic acid groups (broad SMARTS) is 2. The van der Waals surface area contributed by atoms with Gasteiger partial charge < -0.3 is 14.9 Å². The van der Waals surface area contributed by atoms with E-state index in [9.17, 15) is 22.8 Å². The Morgan fingerprint density at radius 1 is 1.11 bits per heavy atom. The summed E-state index contributed by atoms with van der Waals surface area (Å²) in [7, 11) is -2.90. The van der Waals surface area contributed by atoms with Crippen LogP contribution in [-0.2, 0) is 29.1 Å². The largest absolute Gasteiger partial charge is 0.480 e. The Labute approximate surface area is 109 Å². The van der Waals surface area contributed by atoms with E-state index in [-0.39, 0.29) is 12.8 Å². The van der Waals surface area contributed by atoms with Crippen molar-refractivity contribution in [1.82, 2.24) is 4.31 Å². The number of hydrogen-bond acceptors (Lipinski definition) is 6. The van der Waals surface area contributed by atoms with Gasteiger partial charge in [0.2, 0.25) is 10.0 Å². The van der Waals surface area contributed by atoms with E-state index >= 15 is 0 Å². The Bertz CT molecular complexity index is 427. The Morgan fingerprint density at radius 3 is 1.95 bits per heavy atom. The van der Waals surface area contributed by atoms with E-state index in [0.717, 1.165) is 7.11 Å². The van der Waals surface area contributed by atoms with Gasteiger partial charge in [-0.05, 0) is 6.42 Å². The molecule has 0 aliphatic heterocycles. The summed E-state index contributed by atoms with van der Waals surface area (Å²) in [5.74, 6) is -4.04. The topological polar surface area (TPSA) is 138 Å². The molecule has 0 rings (SSSR count). The maximum absolute atomic E-state index is 11.7. The molecule has 0 aliphatic rings. The van der Waals surface area contributed by atoms with Crippen LogP contribution in [0.5, 0.6) is 0 Å². The summed E-state index contributed by atoms with van der Waals surface area (Å²) in [4.78, 5) is 31.8. The average molecular weight is 297 g/mol. The predicted octanol–water partition coefficient (Wildman–Crippen LogP) is -1.26. The molecule has 0 aromatic rings. The molecular weight excluding hydrogens is 282 g/mol. The van der Waals surface area contributed by atoms with Crippen molar-refractivity contribution in [2.24, 2.45) is 0 Å². The number of sulfonamides is 1. The minimum Gasteiger partial charge on any atom is -0.480 e. The molecular formula is C9H15NO8S. The summed E-state index contributed by atoms with van der Waals surface area (Å²) < 4.78 is 28.1. The Kier molecular flexibility index (Phi) is 7.01. The fraction of sp³-hybridized carbons (Fsp3) is 0.667. The molecule has 10 heteroatoms. The molecule has 0 saturated carbocycles. The van der Waals surface area contributed by atoms with Crippen LogP contribution in [0.15, 0.2) is 0 Å². The van der Waals surface area contributed by atoms with E-state index in [2.05, 4.69) is 4.74 Å². The second-order valence-electron chi connectivity index (χ2n) is 3.55. The Morgan fingerprint density at radius 2 is 1.58 bits per heavy atom. The van der Waals surface area contributed by atoms with Gasteiger partial charge >= 0.3 is 17.9 Å². The maximum atomic E-state index is 11.7. The molecule has 0 saturated heterocycles. The molecule has 19 heavy (non-hydrogen) atoms. The number of rotatable bonds is 9. The molecule has 9 nitrogen and oxygen atoms in total. The first-order valence-corrected chi connectivity index (χ1v) is 6.78. The number of nitrogens with zero attached hydrogens (tertiary/aromatic N) is 1. The number of aliphatic carboxylic acids is 2. The quantitative estimate of drug-likeness (QED) is 0.503. The summed E-state index contributed by atoms with van der Waals surface area (Å²) in [6.45, 7) is -1.88. The SMILES string of the molecule is COC(=O)CCCS(=O)(=O)N(CC(=O)O)CC(=O)O. The van der Waals surface area contributed by atoms with Crippen molar-refractivity contribution in [3.8, 4) is 0 Å². The Balaban J connectivity index is 4.64. The standard InChI is InChI=1S/C9H15NO8S/c1-18-9(15)3-2-4-19(16,17)10(5-7(11)12)6-8(13)14/h2-6H2,1H3,(H,11,12)(H,13,14). The highest BCUT2D eigenvalue weighted by atomic mass is 32.2. The summed E-state index contributed by atoms with van der Waals surface area (Å²) in [6, 6.07) is 0. The van der Waals surface area contributed by atoms with Crippen LogP contribution in [-0.4, -0.2) is 66.8 Å². The first-order valence-electron chi connectivity index (χ1n) is 5.17. The van der Waals surface area contributed by atoms with Gasteiger partial charge in [0.05, 0.1) is 12.9 Å². The molecule has 2 N–H and O–H groups in total. The number of esters is 1. The van der Waals surface area contributed by atoms with Crippen LogP contribution in [0.25, 0.3) is 0 Å². The molecule has 0 heterocycles. The van der Waals surface area contributed by atoms with E-state index in [1.807, 2.05) is 0 Å². The number of carbonyl (C=O) groups is 3. The van der Waals surface area contributed by atoms with Gasteiger partial charge in [-0.25, -0.2) is 8.42 Å². The van der Waals surface area contributed by atoms with E-state index in [4.69, 9.17) is 10.2 Å². The zero-order valence-corrected chi connectivity index (χ0v) is 11.1. The van der Waals surface area contributed by atoms with E-state index in [0.29, 0.717) is 4.31 Å². The lowest BCUT2D eigenvalue weighted by molar-refractivity contribution is -0.141.